The number of nitrogens with one attached hydrogen (secondary N) is 1. The molecule has 1 rings (SSSR count). The maximum absolute atomic E-state index is 12.1. The van der Waals surface area contributed by atoms with E-state index in [0.29, 0.717) is 0 Å². The molecule has 0 aliphatic heterocycles. The highest BCUT2D eigenvalue weighted by Gasteiger charge is 2.22. The molecule has 0 fully saturated rings. The summed E-state index contributed by atoms with van der Waals surface area (Å²) in [5.74, 6) is -1.43. The van der Waals surface area contributed by atoms with Crippen LogP contribution in [0.1, 0.15) is 23.7 Å². The van der Waals surface area contributed by atoms with Gasteiger partial charge in [-0.1, -0.05) is 0 Å². The smallest absolute Gasteiger partial charge is 0.305 e. The number of aliphatic carboxylic acids is 1. The molecule has 1 unspecified atom stereocenters. The summed E-state index contributed by atoms with van der Waals surface area (Å²) in [5, 5.41) is 11.2. The third kappa shape index (κ3) is 3.80. The number of methoxy groups -OCH3 is 2. The molecule has 1 aromatic heterocycles. The maximum Gasteiger partial charge on any atom is 0.305 e. The Labute approximate surface area is 109 Å². The van der Waals surface area contributed by atoms with E-state index in [-0.39, 0.29) is 23.7 Å². The SMILES string of the molecule is COc1ncnc(OC)c1C(=O)NC(C)CC(=O)O. The van der Waals surface area contributed by atoms with E-state index < -0.39 is 17.9 Å². The van der Waals surface area contributed by atoms with Crippen molar-refractivity contribution in [3.05, 3.63) is 11.9 Å². The number of hydrogen-bond donors (Lipinski definition) is 2. The number of carbonyl (C=O) groups excluding carboxylic acids is 1. The predicted octanol–water partition coefficient (Wildman–Crippen LogP) is 0.0868. The highest BCUT2D eigenvalue weighted by atomic mass is 16.5. The molecule has 0 aliphatic rings. The Balaban J connectivity index is 2.95. The van der Waals surface area contributed by atoms with Crippen molar-refractivity contribution in [3.63, 3.8) is 0 Å². The molecule has 2 N–H and O–H groups in total. The number of amides is 1. The molecule has 0 spiro atoms. The van der Waals surface area contributed by atoms with E-state index in [1.165, 1.54) is 20.5 Å². The van der Waals surface area contributed by atoms with Crippen molar-refractivity contribution in [2.24, 2.45) is 0 Å². The van der Waals surface area contributed by atoms with Crippen LogP contribution in [0.2, 0.25) is 0 Å². The summed E-state index contributed by atoms with van der Waals surface area (Å²) in [7, 11) is 2.72. The second-order valence-corrected chi connectivity index (χ2v) is 3.74. The van der Waals surface area contributed by atoms with Gasteiger partial charge < -0.3 is 19.9 Å². The quantitative estimate of drug-likeness (QED) is 0.752. The van der Waals surface area contributed by atoms with Crippen molar-refractivity contribution >= 4 is 11.9 Å². The summed E-state index contributed by atoms with van der Waals surface area (Å²) in [5.41, 5.74) is 0.0322. The zero-order valence-electron chi connectivity index (χ0n) is 10.8. The van der Waals surface area contributed by atoms with Crippen LogP contribution in [0.15, 0.2) is 6.33 Å². The van der Waals surface area contributed by atoms with Crippen molar-refractivity contribution in [2.45, 2.75) is 19.4 Å². The molecule has 1 aromatic rings. The van der Waals surface area contributed by atoms with E-state index in [0.717, 1.165) is 0 Å². The van der Waals surface area contributed by atoms with E-state index in [1.807, 2.05) is 0 Å². The van der Waals surface area contributed by atoms with Crippen LogP contribution in [0.25, 0.3) is 0 Å². The van der Waals surface area contributed by atoms with Crippen molar-refractivity contribution in [1.29, 1.82) is 0 Å². The molecule has 0 bridgehead atoms. The molecule has 0 saturated heterocycles. The summed E-state index contributed by atoms with van der Waals surface area (Å²) in [6.07, 6.45) is 1.01. The van der Waals surface area contributed by atoms with Gasteiger partial charge in [-0.15, -0.1) is 0 Å². The fraction of sp³-hybridized carbons (Fsp3) is 0.455. The molecular weight excluding hydrogens is 254 g/mol. The monoisotopic (exact) mass is 269 g/mol. The summed E-state index contributed by atoms with van der Waals surface area (Å²) in [4.78, 5) is 30.2. The van der Waals surface area contributed by atoms with Gasteiger partial charge in [-0.05, 0) is 6.92 Å². The summed E-state index contributed by atoms with van der Waals surface area (Å²) >= 11 is 0. The van der Waals surface area contributed by atoms with Crippen LogP contribution in [0.3, 0.4) is 0 Å². The minimum Gasteiger partial charge on any atom is -0.481 e. The standard InChI is InChI=1S/C11H15N3O5/c1-6(4-7(15)16)14-9(17)8-10(18-2)12-5-13-11(8)19-3/h5-6H,4H2,1-3H3,(H,14,17)(H,15,16). The molecule has 1 amide bonds. The first-order valence-electron chi connectivity index (χ1n) is 5.45. The van der Waals surface area contributed by atoms with E-state index in [4.69, 9.17) is 14.6 Å². The van der Waals surface area contributed by atoms with Gasteiger partial charge in [0.2, 0.25) is 11.8 Å². The van der Waals surface area contributed by atoms with Crippen LogP contribution in [0.5, 0.6) is 11.8 Å². The highest BCUT2D eigenvalue weighted by molar-refractivity contribution is 5.98. The molecule has 8 heteroatoms. The highest BCUT2D eigenvalue weighted by Crippen LogP contribution is 2.23. The summed E-state index contributed by atoms with van der Waals surface area (Å²) < 4.78 is 9.93. The molecule has 1 heterocycles. The van der Waals surface area contributed by atoms with Crippen molar-refractivity contribution < 1.29 is 24.2 Å². The molecule has 0 aromatic carbocycles. The van der Waals surface area contributed by atoms with Gasteiger partial charge in [0.25, 0.3) is 5.91 Å². The molecule has 0 radical (unpaired) electrons. The Morgan fingerprint density at radius 2 is 1.84 bits per heavy atom. The van der Waals surface area contributed by atoms with Gasteiger partial charge in [0.05, 0.1) is 20.6 Å². The number of hydrogen-bond acceptors (Lipinski definition) is 6. The lowest BCUT2D eigenvalue weighted by Gasteiger charge is -2.14. The second kappa shape index (κ2) is 6.53. The molecular formula is C11H15N3O5. The lowest BCUT2D eigenvalue weighted by atomic mass is 10.2. The number of nitrogens with zero attached hydrogens (tertiary/aromatic N) is 2. The van der Waals surface area contributed by atoms with Gasteiger partial charge in [0.15, 0.2) is 5.56 Å². The first-order chi connectivity index (χ1) is 8.99. The molecule has 1 atom stereocenters. The van der Waals surface area contributed by atoms with Gasteiger partial charge in [0, 0.05) is 6.04 Å². The van der Waals surface area contributed by atoms with E-state index in [9.17, 15) is 9.59 Å². The maximum atomic E-state index is 12.1. The minimum atomic E-state index is -1.00. The van der Waals surface area contributed by atoms with Gasteiger partial charge in [-0.3, -0.25) is 9.59 Å². The lowest BCUT2D eigenvalue weighted by molar-refractivity contribution is -0.137. The third-order valence-corrected chi connectivity index (χ3v) is 2.25. The first-order valence-corrected chi connectivity index (χ1v) is 5.45. The Morgan fingerprint density at radius 3 is 2.26 bits per heavy atom. The predicted molar refractivity (Wildman–Crippen MR) is 64.3 cm³/mol. The average molecular weight is 269 g/mol. The normalized spacial score (nSPS) is 11.5. The lowest BCUT2D eigenvalue weighted by Crippen LogP contribution is -2.34. The van der Waals surface area contributed by atoms with Crippen LogP contribution in [0, 0.1) is 0 Å². The second-order valence-electron chi connectivity index (χ2n) is 3.74. The van der Waals surface area contributed by atoms with Crippen LogP contribution in [0.4, 0.5) is 0 Å². The number of rotatable bonds is 6. The fourth-order valence-electron chi connectivity index (χ4n) is 1.47. The summed E-state index contributed by atoms with van der Waals surface area (Å²) in [6, 6.07) is -0.542. The van der Waals surface area contributed by atoms with Gasteiger partial charge in [-0.25, -0.2) is 9.97 Å². The minimum absolute atomic E-state index is 0.0322. The van der Waals surface area contributed by atoms with Crippen molar-refractivity contribution in [2.75, 3.05) is 14.2 Å². The van der Waals surface area contributed by atoms with Crippen molar-refractivity contribution in [1.82, 2.24) is 15.3 Å². The molecule has 0 saturated carbocycles. The first kappa shape index (κ1) is 14.7. The fourth-order valence-corrected chi connectivity index (χ4v) is 1.47. The number of carboxylic acids is 1. The Kier molecular flexibility index (Phi) is 5.04. The zero-order valence-corrected chi connectivity index (χ0v) is 10.8. The average Bonchev–Trinajstić information content (AvgIpc) is 2.36. The van der Waals surface area contributed by atoms with Gasteiger partial charge >= 0.3 is 5.97 Å². The molecule has 8 nitrogen and oxygen atoms in total. The Morgan fingerprint density at radius 1 is 1.32 bits per heavy atom. The van der Waals surface area contributed by atoms with E-state index >= 15 is 0 Å². The topological polar surface area (TPSA) is 111 Å². The number of ether oxygens (including phenoxy) is 2. The van der Waals surface area contributed by atoms with Crippen LogP contribution < -0.4 is 14.8 Å². The molecule has 19 heavy (non-hydrogen) atoms. The Bertz CT molecular complexity index is 455. The van der Waals surface area contributed by atoms with Crippen LogP contribution >= 0.6 is 0 Å². The largest absolute Gasteiger partial charge is 0.481 e. The van der Waals surface area contributed by atoms with Gasteiger partial charge in [0.1, 0.15) is 6.33 Å². The number of aromatic nitrogens is 2. The van der Waals surface area contributed by atoms with Crippen LogP contribution in [-0.4, -0.2) is 47.2 Å². The van der Waals surface area contributed by atoms with Crippen molar-refractivity contribution in [3.8, 4) is 11.8 Å². The third-order valence-electron chi connectivity index (χ3n) is 2.25. The molecule has 0 aliphatic carbocycles. The van der Waals surface area contributed by atoms with E-state index in [2.05, 4.69) is 15.3 Å². The number of carbonyl (C=O) groups is 2. The zero-order chi connectivity index (χ0) is 14.4. The number of carboxylic acid groups (broad SMARTS) is 1. The van der Waals surface area contributed by atoms with Gasteiger partial charge in [-0.2, -0.15) is 0 Å². The summed E-state index contributed by atoms with van der Waals surface area (Å²) in [6.45, 7) is 1.58. The van der Waals surface area contributed by atoms with Crippen LogP contribution in [-0.2, 0) is 4.79 Å². The van der Waals surface area contributed by atoms with E-state index in [1.54, 1.807) is 6.92 Å². The molecule has 104 valence electrons. The Hall–Kier alpha value is -2.38.